The first-order chi connectivity index (χ1) is 8.69. The van der Waals surface area contributed by atoms with Crippen LogP contribution in [-0.4, -0.2) is 24.3 Å². The molecule has 3 nitrogen and oxygen atoms in total. The maximum atomic E-state index is 13.8. The van der Waals surface area contributed by atoms with Crippen molar-refractivity contribution in [3.63, 3.8) is 0 Å². The molecule has 0 saturated carbocycles. The van der Waals surface area contributed by atoms with Crippen molar-refractivity contribution >= 4 is 5.69 Å². The third-order valence-electron chi connectivity index (χ3n) is 3.33. The molecule has 0 unspecified atom stereocenters. The van der Waals surface area contributed by atoms with Crippen LogP contribution in [0.5, 0.6) is 0 Å². The van der Waals surface area contributed by atoms with Gasteiger partial charge in [-0.15, -0.1) is 0 Å². The molecule has 4 heteroatoms. The predicted octanol–water partition coefficient (Wildman–Crippen LogP) is 2.27. The molecule has 0 radical (unpaired) electrons. The van der Waals surface area contributed by atoms with Crippen molar-refractivity contribution in [3.8, 4) is 0 Å². The van der Waals surface area contributed by atoms with Crippen LogP contribution in [0.15, 0.2) is 18.2 Å². The van der Waals surface area contributed by atoms with Crippen molar-refractivity contribution in [1.29, 1.82) is 0 Å². The zero-order chi connectivity index (χ0) is 13.5. The highest BCUT2D eigenvalue weighted by Gasteiger charge is 2.19. The van der Waals surface area contributed by atoms with E-state index in [1.165, 1.54) is 6.07 Å². The summed E-state index contributed by atoms with van der Waals surface area (Å²) in [5.74, 6) is -0.274. The molecule has 18 heavy (non-hydrogen) atoms. The lowest BCUT2D eigenvalue weighted by molar-refractivity contribution is 0.295. The molecule has 1 rings (SSSR count). The number of halogens is 1. The van der Waals surface area contributed by atoms with Gasteiger partial charge in [-0.05, 0) is 25.0 Å². The Morgan fingerprint density at radius 3 is 2.50 bits per heavy atom. The summed E-state index contributed by atoms with van der Waals surface area (Å²) in [6.45, 7) is 4.92. The Labute approximate surface area is 108 Å². The summed E-state index contributed by atoms with van der Waals surface area (Å²) in [5.41, 5.74) is 6.97. The molecule has 0 atom stereocenters. The molecule has 0 aromatic heterocycles. The minimum atomic E-state index is -0.274. The molecule has 0 heterocycles. The number of anilines is 1. The van der Waals surface area contributed by atoms with Crippen LogP contribution in [-0.2, 0) is 6.54 Å². The first-order valence-corrected chi connectivity index (χ1v) is 6.54. The Hall–Kier alpha value is -1.13. The van der Waals surface area contributed by atoms with Crippen LogP contribution in [0.2, 0.25) is 0 Å². The van der Waals surface area contributed by atoms with Gasteiger partial charge < -0.3 is 15.7 Å². The lowest BCUT2D eigenvalue weighted by Crippen LogP contribution is -2.37. The number of aliphatic hydroxyl groups excluding tert-OH is 1. The molecule has 0 aliphatic heterocycles. The second-order valence-corrected chi connectivity index (χ2v) is 4.33. The van der Waals surface area contributed by atoms with E-state index in [-0.39, 0.29) is 19.0 Å². The molecule has 0 aliphatic carbocycles. The van der Waals surface area contributed by atoms with Gasteiger partial charge in [-0.1, -0.05) is 19.9 Å². The number of aliphatic hydroxyl groups is 1. The average Bonchev–Trinajstić information content (AvgIpc) is 2.38. The van der Waals surface area contributed by atoms with E-state index in [2.05, 4.69) is 18.7 Å². The number of hydrogen-bond acceptors (Lipinski definition) is 3. The van der Waals surface area contributed by atoms with Gasteiger partial charge in [-0.3, -0.25) is 0 Å². The fourth-order valence-corrected chi connectivity index (χ4v) is 2.36. The largest absolute Gasteiger partial charge is 0.395 e. The second-order valence-electron chi connectivity index (χ2n) is 4.33. The van der Waals surface area contributed by atoms with E-state index in [4.69, 9.17) is 5.73 Å². The maximum Gasteiger partial charge on any atom is 0.129 e. The molecule has 3 N–H and O–H groups in total. The lowest BCUT2D eigenvalue weighted by Gasteiger charge is -2.33. The number of nitrogens with two attached hydrogens (primary N) is 1. The van der Waals surface area contributed by atoms with Crippen molar-refractivity contribution in [2.75, 3.05) is 18.1 Å². The van der Waals surface area contributed by atoms with Crippen LogP contribution in [0.1, 0.15) is 32.3 Å². The summed E-state index contributed by atoms with van der Waals surface area (Å²) >= 11 is 0. The van der Waals surface area contributed by atoms with E-state index in [1.807, 2.05) is 6.07 Å². The molecule has 0 fully saturated rings. The monoisotopic (exact) mass is 254 g/mol. The number of nitrogens with zero attached hydrogens (tertiary/aromatic N) is 1. The van der Waals surface area contributed by atoms with Crippen LogP contribution < -0.4 is 10.6 Å². The standard InChI is InChI=1S/C14H23FN2O/c1-3-11(4-2)17(8-9-18)14-7-5-6-13(15)12(14)10-16/h5-7,11,18H,3-4,8-10,16H2,1-2H3. The van der Waals surface area contributed by atoms with Crippen LogP contribution in [0.3, 0.4) is 0 Å². The number of hydrogen-bond donors (Lipinski definition) is 2. The fourth-order valence-electron chi connectivity index (χ4n) is 2.36. The first kappa shape index (κ1) is 14.9. The van der Waals surface area contributed by atoms with Crippen LogP contribution in [0, 0.1) is 5.82 Å². The molecule has 102 valence electrons. The molecule has 0 bridgehead atoms. The van der Waals surface area contributed by atoms with Gasteiger partial charge in [0.1, 0.15) is 5.82 Å². The van der Waals surface area contributed by atoms with E-state index >= 15 is 0 Å². The van der Waals surface area contributed by atoms with E-state index < -0.39 is 0 Å². The average molecular weight is 254 g/mol. The van der Waals surface area contributed by atoms with Gasteiger partial charge in [-0.2, -0.15) is 0 Å². The predicted molar refractivity (Wildman–Crippen MR) is 73.1 cm³/mol. The first-order valence-electron chi connectivity index (χ1n) is 6.54. The van der Waals surface area contributed by atoms with Crippen LogP contribution in [0.25, 0.3) is 0 Å². The second kappa shape index (κ2) is 7.34. The quantitative estimate of drug-likeness (QED) is 0.785. The highest BCUT2D eigenvalue weighted by atomic mass is 19.1. The molecule has 1 aromatic rings. The van der Waals surface area contributed by atoms with Crippen molar-refractivity contribution in [1.82, 2.24) is 0 Å². The Bertz CT molecular complexity index is 367. The van der Waals surface area contributed by atoms with Crippen molar-refractivity contribution < 1.29 is 9.50 Å². The molecule has 0 spiro atoms. The van der Waals surface area contributed by atoms with Gasteiger partial charge in [0, 0.05) is 30.4 Å². The van der Waals surface area contributed by atoms with E-state index in [0.29, 0.717) is 18.2 Å². The van der Waals surface area contributed by atoms with Gasteiger partial charge in [0.15, 0.2) is 0 Å². The Kier molecular flexibility index (Phi) is 6.09. The number of benzene rings is 1. The molecular formula is C14H23FN2O. The summed E-state index contributed by atoms with van der Waals surface area (Å²) < 4.78 is 13.8. The number of rotatable bonds is 7. The van der Waals surface area contributed by atoms with Gasteiger partial charge in [0.25, 0.3) is 0 Å². The third-order valence-corrected chi connectivity index (χ3v) is 3.33. The molecular weight excluding hydrogens is 231 g/mol. The molecule has 1 aromatic carbocycles. The van der Waals surface area contributed by atoms with E-state index in [0.717, 1.165) is 18.5 Å². The van der Waals surface area contributed by atoms with Crippen molar-refractivity contribution in [2.24, 2.45) is 5.73 Å². The highest BCUT2D eigenvalue weighted by molar-refractivity contribution is 5.55. The zero-order valence-electron chi connectivity index (χ0n) is 11.2. The van der Waals surface area contributed by atoms with Crippen molar-refractivity contribution in [3.05, 3.63) is 29.6 Å². The minimum absolute atomic E-state index is 0.0526. The minimum Gasteiger partial charge on any atom is -0.395 e. The molecule has 0 saturated heterocycles. The topological polar surface area (TPSA) is 49.5 Å². The SMILES string of the molecule is CCC(CC)N(CCO)c1cccc(F)c1CN. The van der Waals surface area contributed by atoms with Crippen molar-refractivity contribution in [2.45, 2.75) is 39.3 Å². The highest BCUT2D eigenvalue weighted by Crippen LogP contribution is 2.26. The Morgan fingerprint density at radius 2 is 2.00 bits per heavy atom. The smallest absolute Gasteiger partial charge is 0.129 e. The zero-order valence-corrected chi connectivity index (χ0v) is 11.2. The van der Waals surface area contributed by atoms with Crippen LogP contribution >= 0.6 is 0 Å². The fraction of sp³-hybridized carbons (Fsp3) is 0.571. The van der Waals surface area contributed by atoms with Gasteiger partial charge in [-0.25, -0.2) is 4.39 Å². The molecule has 0 amide bonds. The van der Waals surface area contributed by atoms with E-state index in [1.54, 1.807) is 6.07 Å². The normalized spacial score (nSPS) is 11.0. The lowest BCUT2D eigenvalue weighted by atomic mass is 10.1. The summed E-state index contributed by atoms with van der Waals surface area (Å²) in [6.07, 6.45) is 1.91. The van der Waals surface area contributed by atoms with Gasteiger partial charge >= 0.3 is 0 Å². The third kappa shape index (κ3) is 3.21. The van der Waals surface area contributed by atoms with E-state index in [9.17, 15) is 9.50 Å². The summed E-state index contributed by atoms with van der Waals surface area (Å²) in [5, 5.41) is 9.20. The van der Waals surface area contributed by atoms with Gasteiger partial charge in [0.05, 0.1) is 6.61 Å². The Balaban J connectivity index is 3.16. The Morgan fingerprint density at radius 1 is 1.33 bits per heavy atom. The van der Waals surface area contributed by atoms with Crippen LogP contribution in [0.4, 0.5) is 10.1 Å². The molecule has 0 aliphatic rings. The summed E-state index contributed by atoms with van der Waals surface area (Å²) in [6, 6.07) is 5.29. The summed E-state index contributed by atoms with van der Waals surface area (Å²) in [7, 11) is 0. The maximum absolute atomic E-state index is 13.8. The summed E-state index contributed by atoms with van der Waals surface area (Å²) in [4.78, 5) is 2.06. The van der Waals surface area contributed by atoms with Gasteiger partial charge in [0.2, 0.25) is 0 Å².